The maximum Gasteiger partial charge on any atom is -0.0133 e. The fraction of sp³-hybridized carbons (Fsp3) is 0.800. The van der Waals surface area contributed by atoms with Crippen LogP contribution in [0.25, 0.3) is 0 Å². The zero-order chi connectivity index (χ0) is 6.29. The van der Waals surface area contributed by atoms with Crippen molar-refractivity contribution in [2.75, 3.05) is 0 Å². The van der Waals surface area contributed by atoms with Gasteiger partial charge in [-0.25, -0.2) is 0 Å². The molecule has 4 aliphatic rings. The van der Waals surface area contributed by atoms with E-state index in [1.54, 1.807) is 12.8 Å². The van der Waals surface area contributed by atoms with Crippen LogP contribution in [-0.4, -0.2) is 0 Å². The van der Waals surface area contributed by atoms with Gasteiger partial charge in [0, 0.05) is 0 Å². The lowest BCUT2D eigenvalue weighted by Gasteiger charge is -2.74. The molecule has 0 unspecified atom stereocenters. The normalized spacial score (nSPS) is 72.8. The minimum absolute atomic E-state index is 1.08. The lowest BCUT2D eigenvalue weighted by molar-refractivity contribution is -0.231. The van der Waals surface area contributed by atoms with Crippen molar-refractivity contribution in [3.8, 4) is 0 Å². The number of hydrogen-bond acceptors (Lipinski definition) is 0. The van der Waals surface area contributed by atoms with Crippen LogP contribution in [-0.2, 0) is 0 Å². The maximum absolute atomic E-state index is 2.46. The summed E-state index contributed by atoms with van der Waals surface area (Å²) in [4.78, 5) is 0. The fourth-order valence-corrected chi connectivity index (χ4v) is 4.01. The molecule has 4 rings (SSSR count). The minimum Gasteiger partial charge on any atom is -0.0842 e. The number of fused-ring (bicyclic) bond motifs is 7. The standard InChI is InChI=1S/C10H12/c1-2-6-5(1)9-7-3-4-8(7)10(6)9/h1-2,5-10H,3-4H2/t5-,6+,7+,8-,9-,10+. The van der Waals surface area contributed by atoms with Gasteiger partial charge >= 0.3 is 0 Å². The van der Waals surface area contributed by atoms with Gasteiger partial charge in [-0.1, -0.05) is 12.2 Å². The average molecular weight is 132 g/mol. The molecule has 0 N–H and O–H groups in total. The molecule has 52 valence electrons. The van der Waals surface area contributed by atoms with E-state index in [0.29, 0.717) is 0 Å². The molecule has 0 aliphatic heterocycles. The Labute approximate surface area is 61.3 Å². The molecule has 0 radical (unpaired) electrons. The first kappa shape index (κ1) is 4.58. The van der Waals surface area contributed by atoms with Crippen molar-refractivity contribution in [3.05, 3.63) is 12.2 Å². The van der Waals surface area contributed by atoms with Gasteiger partial charge in [0.1, 0.15) is 0 Å². The van der Waals surface area contributed by atoms with Crippen LogP contribution >= 0.6 is 0 Å². The van der Waals surface area contributed by atoms with Crippen molar-refractivity contribution >= 4 is 0 Å². The highest BCUT2D eigenvalue weighted by Crippen LogP contribution is 2.74. The summed E-state index contributed by atoms with van der Waals surface area (Å²) in [6.45, 7) is 0. The minimum atomic E-state index is 1.08. The van der Waals surface area contributed by atoms with Crippen LogP contribution in [0, 0.1) is 35.5 Å². The number of hydrogen-bond donors (Lipinski definition) is 0. The second kappa shape index (κ2) is 1.11. The lowest BCUT2D eigenvalue weighted by atomic mass is 9.30. The summed E-state index contributed by atoms with van der Waals surface area (Å²) in [6, 6.07) is 0. The Hall–Kier alpha value is -0.260. The van der Waals surface area contributed by atoms with Crippen LogP contribution in [0.2, 0.25) is 0 Å². The molecule has 0 spiro atoms. The molecule has 0 amide bonds. The quantitative estimate of drug-likeness (QED) is 0.443. The van der Waals surface area contributed by atoms with E-state index < -0.39 is 0 Å². The van der Waals surface area contributed by atoms with E-state index >= 15 is 0 Å². The predicted octanol–water partition coefficient (Wildman–Crippen LogP) is 2.07. The Morgan fingerprint density at radius 2 is 1.30 bits per heavy atom. The van der Waals surface area contributed by atoms with Gasteiger partial charge in [-0.15, -0.1) is 0 Å². The molecule has 0 bridgehead atoms. The summed E-state index contributed by atoms with van der Waals surface area (Å²) in [5, 5.41) is 0. The van der Waals surface area contributed by atoms with E-state index in [0.717, 1.165) is 11.8 Å². The zero-order valence-electron chi connectivity index (χ0n) is 6.03. The summed E-state index contributed by atoms with van der Waals surface area (Å²) in [5.74, 6) is 6.94. The smallest absolute Gasteiger partial charge is 0.0133 e. The summed E-state index contributed by atoms with van der Waals surface area (Å²) in [6.07, 6.45) is 8.06. The van der Waals surface area contributed by atoms with Crippen LogP contribution in [0.4, 0.5) is 0 Å². The van der Waals surface area contributed by atoms with Gasteiger partial charge in [-0.2, -0.15) is 0 Å². The highest BCUT2D eigenvalue weighted by molar-refractivity contribution is 5.30. The molecule has 0 aromatic heterocycles. The molecule has 0 heterocycles. The summed E-state index contributed by atoms with van der Waals surface area (Å²) >= 11 is 0. The molecule has 3 saturated carbocycles. The molecular formula is C10H12. The van der Waals surface area contributed by atoms with E-state index in [9.17, 15) is 0 Å². The van der Waals surface area contributed by atoms with Crippen molar-refractivity contribution in [2.24, 2.45) is 35.5 Å². The van der Waals surface area contributed by atoms with Crippen LogP contribution in [0.15, 0.2) is 12.2 Å². The third kappa shape index (κ3) is 0.247. The van der Waals surface area contributed by atoms with Crippen molar-refractivity contribution in [1.82, 2.24) is 0 Å². The third-order valence-electron chi connectivity index (χ3n) is 4.71. The first-order valence-electron chi connectivity index (χ1n) is 4.65. The Kier molecular flexibility index (Phi) is 0.508. The van der Waals surface area contributed by atoms with Gasteiger partial charge in [0.25, 0.3) is 0 Å². The van der Waals surface area contributed by atoms with Gasteiger partial charge in [-0.05, 0) is 48.3 Å². The third-order valence-corrected chi connectivity index (χ3v) is 4.71. The van der Waals surface area contributed by atoms with Crippen molar-refractivity contribution < 1.29 is 0 Å². The van der Waals surface area contributed by atoms with E-state index in [4.69, 9.17) is 0 Å². The SMILES string of the molecule is C1=C[C@H]2[C@@H]1[C@@H]1[C@H]3CC[C@H]3[C@H]21. The first-order chi connectivity index (χ1) is 4.97. The van der Waals surface area contributed by atoms with Crippen molar-refractivity contribution in [3.63, 3.8) is 0 Å². The molecule has 3 fully saturated rings. The zero-order valence-corrected chi connectivity index (χ0v) is 6.03. The van der Waals surface area contributed by atoms with Crippen molar-refractivity contribution in [2.45, 2.75) is 12.8 Å². The van der Waals surface area contributed by atoms with Gasteiger partial charge in [-0.3, -0.25) is 0 Å². The van der Waals surface area contributed by atoms with Gasteiger partial charge in [0.05, 0.1) is 0 Å². The summed E-state index contributed by atoms with van der Waals surface area (Å²) in [7, 11) is 0. The highest BCUT2D eigenvalue weighted by atomic mass is 14.7. The largest absolute Gasteiger partial charge is 0.0842 e. The average Bonchev–Trinajstić information content (AvgIpc) is 1.82. The molecular weight excluding hydrogens is 120 g/mol. The van der Waals surface area contributed by atoms with Gasteiger partial charge in [0.2, 0.25) is 0 Å². The molecule has 6 atom stereocenters. The van der Waals surface area contributed by atoms with Crippen LogP contribution < -0.4 is 0 Å². The van der Waals surface area contributed by atoms with Gasteiger partial charge < -0.3 is 0 Å². The molecule has 0 heteroatoms. The van der Waals surface area contributed by atoms with Crippen LogP contribution in [0.5, 0.6) is 0 Å². The molecule has 0 aromatic rings. The van der Waals surface area contributed by atoms with Crippen molar-refractivity contribution in [1.29, 1.82) is 0 Å². The van der Waals surface area contributed by atoms with Crippen LogP contribution in [0.1, 0.15) is 12.8 Å². The van der Waals surface area contributed by atoms with Crippen LogP contribution in [0.3, 0.4) is 0 Å². The second-order valence-corrected chi connectivity index (χ2v) is 4.60. The first-order valence-corrected chi connectivity index (χ1v) is 4.65. The Morgan fingerprint density at radius 3 is 1.60 bits per heavy atom. The lowest BCUT2D eigenvalue weighted by Crippen LogP contribution is -2.69. The van der Waals surface area contributed by atoms with E-state index in [1.807, 2.05) is 0 Å². The number of allylic oxidation sites excluding steroid dienone is 2. The Balaban J connectivity index is 1.75. The second-order valence-electron chi connectivity index (χ2n) is 4.60. The fourth-order valence-electron chi connectivity index (χ4n) is 4.01. The summed E-state index contributed by atoms with van der Waals surface area (Å²) in [5.41, 5.74) is 0. The molecule has 0 aromatic carbocycles. The van der Waals surface area contributed by atoms with Gasteiger partial charge in [0.15, 0.2) is 0 Å². The Bertz CT molecular complexity index is 204. The van der Waals surface area contributed by atoms with E-state index in [2.05, 4.69) is 12.2 Å². The molecule has 0 saturated heterocycles. The number of rotatable bonds is 0. The predicted molar refractivity (Wildman–Crippen MR) is 39.3 cm³/mol. The molecule has 10 heavy (non-hydrogen) atoms. The monoisotopic (exact) mass is 132 g/mol. The highest BCUT2D eigenvalue weighted by Gasteiger charge is 2.69. The molecule has 0 nitrogen and oxygen atoms in total. The molecule has 4 aliphatic carbocycles. The maximum atomic E-state index is 2.46. The topological polar surface area (TPSA) is 0 Å². The van der Waals surface area contributed by atoms with E-state index in [1.165, 1.54) is 23.7 Å². The van der Waals surface area contributed by atoms with E-state index in [-0.39, 0.29) is 0 Å². The summed E-state index contributed by atoms with van der Waals surface area (Å²) < 4.78 is 0. The Morgan fingerprint density at radius 1 is 0.800 bits per heavy atom.